The number of carbonyl (C=O) groups excluding carboxylic acids is 1. The molecule has 0 saturated carbocycles. The van der Waals surface area contributed by atoms with E-state index in [2.05, 4.69) is 31.2 Å². The van der Waals surface area contributed by atoms with Crippen LogP contribution in [-0.2, 0) is 6.42 Å². The van der Waals surface area contributed by atoms with E-state index in [0.717, 1.165) is 29.5 Å². The van der Waals surface area contributed by atoms with Gasteiger partial charge in [-0.3, -0.25) is 0 Å². The number of ether oxygens (including phenoxy) is 1. The highest BCUT2D eigenvalue weighted by atomic mass is 16.5. The largest absolute Gasteiger partial charge is 0.423 e. The van der Waals surface area contributed by atoms with Crippen LogP contribution < -0.4 is 4.74 Å². The minimum Gasteiger partial charge on any atom is -0.423 e. The Morgan fingerprint density at radius 2 is 1.36 bits per heavy atom. The van der Waals surface area contributed by atoms with E-state index in [9.17, 15) is 4.79 Å². The number of aryl methyl sites for hydroxylation is 2. The summed E-state index contributed by atoms with van der Waals surface area (Å²) in [5.41, 5.74) is 5.28. The van der Waals surface area contributed by atoms with Crippen LogP contribution >= 0.6 is 0 Å². The van der Waals surface area contributed by atoms with Crippen LogP contribution in [0, 0.1) is 6.92 Å². The standard InChI is InChI=1S/C23H22O2/c1-3-4-18-7-9-19(10-8-18)20-11-13-21(14-12-20)23(24)25-22-15-5-17(2)6-16-22/h5-16H,3-4H2,1-2H3. The van der Waals surface area contributed by atoms with E-state index in [-0.39, 0.29) is 5.97 Å². The van der Waals surface area contributed by atoms with Crippen LogP contribution in [0.25, 0.3) is 11.1 Å². The number of rotatable bonds is 5. The first-order valence-electron chi connectivity index (χ1n) is 8.64. The SMILES string of the molecule is CCCc1ccc(-c2ccc(C(=O)Oc3ccc(C)cc3)cc2)cc1. The zero-order chi connectivity index (χ0) is 17.6. The number of benzene rings is 3. The molecule has 0 saturated heterocycles. The van der Waals surface area contributed by atoms with Crippen molar-refractivity contribution in [3.8, 4) is 16.9 Å². The molecule has 25 heavy (non-hydrogen) atoms. The van der Waals surface area contributed by atoms with Crippen molar-refractivity contribution in [2.45, 2.75) is 26.7 Å². The second kappa shape index (κ2) is 7.80. The van der Waals surface area contributed by atoms with Gasteiger partial charge in [0.15, 0.2) is 0 Å². The molecule has 0 spiro atoms. The van der Waals surface area contributed by atoms with Crippen molar-refractivity contribution in [2.24, 2.45) is 0 Å². The Kier molecular flexibility index (Phi) is 5.30. The molecule has 0 aliphatic carbocycles. The van der Waals surface area contributed by atoms with Gasteiger partial charge in [0.05, 0.1) is 5.56 Å². The lowest BCUT2D eigenvalue weighted by Gasteiger charge is -2.07. The molecule has 3 aromatic carbocycles. The van der Waals surface area contributed by atoms with Crippen molar-refractivity contribution in [1.29, 1.82) is 0 Å². The zero-order valence-electron chi connectivity index (χ0n) is 14.7. The van der Waals surface area contributed by atoms with E-state index in [0.29, 0.717) is 11.3 Å². The molecule has 0 aliphatic rings. The lowest BCUT2D eigenvalue weighted by atomic mass is 10.0. The Balaban J connectivity index is 1.70. The van der Waals surface area contributed by atoms with Gasteiger partial charge in [0.2, 0.25) is 0 Å². The predicted octanol–water partition coefficient (Wildman–Crippen LogP) is 5.83. The van der Waals surface area contributed by atoms with Gasteiger partial charge in [0.1, 0.15) is 5.75 Å². The summed E-state index contributed by atoms with van der Waals surface area (Å²) in [4.78, 5) is 12.2. The summed E-state index contributed by atoms with van der Waals surface area (Å²) in [6.07, 6.45) is 2.25. The molecule has 0 amide bonds. The van der Waals surface area contributed by atoms with Gasteiger partial charge in [0.25, 0.3) is 0 Å². The maximum atomic E-state index is 12.2. The smallest absolute Gasteiger partial charge is 0.343 e. The quantitative estimate of drug-likeness (QED) is 0.434. The second-order valence-corrected chi connectivity index (χ2v) is 6.23. The fourth-order valence-corrected chi connectivity index (χ4v) is 2.72. The molecule has 0 bridgehead atoms. The summed E-state index contributed by atoms with van der Waals surface area (Å²) in [7, 11) is 0. The Morgan fingerprint density at radius 3 is 1.92 bits per heavy atom. The van der Waals surface area contributed by atoms with E-state index < -0.39 is 0 Å². The first-order chi connectivity index (χ1) is 12.2. The Labute approximate surface area is 149 Å². The van der Waals surface area contributed by atoms with Crippen molar-refractivity contribution in [3.05, 3.63) is 89.5 Å². The van der Waals surface area contributed by atoms with Crippen LogP contribution in [0.5, 0.6) is 5.75 Å². The third-order valence-electron chi connectivity index (χ3n) is 4.18. The van der Waals surface area contributed by atoms with Crippen molar-refractivity contribution < 1.29 is 9.53 Å². The Bertz CT molecular complexity index is 829. The molecule has 3 rings (SSSR count). The lowest BCUT2D eigenvalue weighted by molar-refractivity contribution is 0.0735. The van der Waals surface area contributed by atoms with Gasteiger partial charge >= 0.3 is 5.97 Å². The van der Waals surface area contributed by atoms with E-state index >= 15 is 0 Å². The van der Waals surface area contributed by atoms with Crippen LogP contribution in [0.1, 0.15) is 34.8 Å². The number of esters is 1. The Morgan fingerprint density at radius 1 is 0.800 bits per heavy atom. The third kappa shape index (κ3) is 4.36. The van der Waals surface area contributed by atoms with Gasteiger partial charge in [-0.2, -0.15) is 0 Å². The molecule has 2 heteroatoms. The van der Waals surface area contributed by atoms with Crippen LogP contribution in [0.15, 0.2) is 72.8 Å². The fourth-order valence-electron chi connectivity index (χ4n) is 2.72. The molecule has 0 fully saturated rings. The van der Waals surface area contributed by atoms with Crippen LogP contribution in [0.4, 0.5) is 0 Å². The highest BCUT2D eigenvalue weighted by Crippen LogP contribution is 2.22. The van der Waals surface area contributed by atoms with Gasteiger partial charge in [-0.15, -0.1) is 0 Å². The molecule has 3 aromatic rings. The molecule has 0 heterocycles. The van der Waals surface area contributed by atoms with E-state index in [1.54, 1.807) is 12.1 Å². The summed E-state index contributed by atoms with van der Waals surface area (Å²) in [5, 5.41) is 0. The van der Waals surface area contributed by atoms with E-state index in [1.807, 2.05) is 43.3 Å². The van der Waals surface area contributed by atoms with Crippen LogP contribution in [0.2, 0.25) is 0 Å². The number of carbonyl (C=O) groups is 1. The molecule has 2 nitrogen and oxygen atoms in total. The highest BCUT2D eigenvalue weighted by Gasteiger charge is 2.09. The Hall–Kier alpha value is -2.87. The monoisotopic (exact) mass is 330 g/mol. The van der Waals surface area contributed by atoms with Gasteiger partial charge in [0, 0.05) is 0 Å². The number of hydrogen-bond acceptors (Lipinski definition) is 2. The fraction of sp³-hybridized carbons (Fsp3) is 0.174. The summed E-state index contributed by atoms with van der Waals surface area (Å²) < 4.78 is 5.40. The van der Waals surface area contributed by atoms with E-state index in [1.165, 1.54) is 5.56 Å². The molecular formula is C23H22O2. The van der Waals surface area contributed by atoms with Gasteiger partial charge < -0.3 is 4.74 Å². The lowest BCUT2D eigenvalue weighted by Crippen LogP contribution is -2.08. The maximum Gasteiger partial charge on any atom is 0.343 e. The zero-order valence-corrected chi connectivity index (χ0v) is 14.7. The molecule has 0 aromatic heterocycles. The second-order valence-electron chi connectivity index (χ2n) is 6.23. The summed E-state index contributed by atoms with van der Waals surface area (Å²) in [5.74, 6) is 0.222. The molecule has 0 unspecified atom stereocenters. The van der Waals surface area contributed by atoms with E-state index in [4.69, 9.17) is 4.74 Å². The average molecular weight is 330 g/mol. The first-order valence-corrected chi connectivity index (χ1v) is 8.64. The van der Waals surface area contributed by atoms with Crippen LogP contribution in [-0.4, -0.2) is 5.97 Å². The molecule has 0 N–H and O–H groups in total. The molecule has 0 aliphatic heterocycles. The minimum absolute atomic E-state index is 0.339. The van der Waals surface area contributed by atoms with Crippen molar-refractivity contribution >= 4 is 5.97 Å². The summed E-state index contributed by atoms with van der Waals surface area (Å²) in [6.45, 7) is 4.18. The van der Waals surface area contributed by atoms with Gasteiger partial charge in [-0.1, -0.05) is 67.4 Å². The highest BCUT2D eigenvalue weighted by molar-refractivity contribution is 5.91. The van der Waals surface area contributed by atoms with Crippen LogP contribution in [0.3, 0.4) is 0 Å². The maximum absolute atomic E-state index is 12.2. The predicted molar refractivity (Wildman–Crippen MR) is 102 cm³/mol. The summed E-state index contributed by atoms with van der Waals surface area (Å²) >= 11 is 0. The number of hydrogen-bond donors (Lipinski definition) is 0. The van der Waals surface area contributed by atoms with Gasteiger partial charge in [-0.05, 0) is 54.3 Å². The average Bonchev–Trinajstić information content (AvgIpc) is 2.65. The normalized spacial score (nSPS) is 10.5. The molecule has 0 radical (unpaired) electrons. The van der Waals surface area contributed by atoms with Gasteiger partial charge in [-0.25, -0.2) is 4.79 Å². The third-order valence-corrected chi connectivity index (χ3v) is 4.18. The minimum atomic E-state index is -0.339. The topological polar surface area (TPSA) is 26.3 Å². The molecular weight excluding hydrogens is 308 g/mol. The summed E-state index contributed by atoms with van der Waals surface area (Å²) in [6, 6.07) is 23.6. The van der Waals surface area contributed by atoms with Crippen molar-refractivity contribution in [3.63, 3.8) is 0 Å². The molecule has 126 valence electrons. The molecule has 0 atom stereocenters. The van der Waals surface area contributed by atoms with Crippen molar-refractivity contribution in [2.75, 3.05) is 0 Å². The van der Waals surface area contributed by atoms with Crippen molar-refractivity contribution in [1.82, 2.24) is 0 Å². The first kappa shape index (κ1) is 17.0.